The summed E-state index contributed by atoms with van der Waals surface area (Å²) in [4.78, 5) is 16.9. The molecule has 3 aromatic carbocycles. The minimum absolute atomic E-state index is 0.0876. The van der Waals surface area contributed by atoms with Gasteiger partial charge in [0.2, 0.25) is 9.84 Å². The number of likely N-dealkylation sites (N-methyl/N-ethyl adjacent to an activating group) is 1. The first-order valence-corrected chi connectivity index (χ1v) is 14.4. The fourth-order valence-electron chi connectivity index (χ4n) is 4.85. The Hall–Kier alpha value is -4.03. The van der Waals surface area contributed by atoms with E-state index in [0.29, 0.717) is 17.0 Å². The highest BCUT2D eigenvalue weighted by Gasteiger charge is 2.22. The molecule has 1 amide bonds. The highest BCUT2D eigenvalue weighted by Crippen LogP contribution is 2.29. The van der Waals surface area contributed by atoms with Crippen LogP contribution < -0.4 is 16.0 Å². The van der Waals surface area contributed by atoms with Crippen LogP contribution in [0.15, 0.2) is 64.4 Å². The Kier molecular flexibility index (Phi) is 7.72. The average Bonchev–Trinajstić information content (AvgIpc) is 3.33. The minimum atomic E-state index is -4.24. The van der Waals surface area contributed by atoms with E-state index in [-0.39, 0.29) is 22.0 Å². The van der Waals surface area contributed by atoms with Crippen molar-refractivity contribution in [2.75, 3.05) is 49.2 Å². The van der Waals surface area contributed by atoms with E-state index in [1.807, 2.05) is 13.1 Å². The lowest BCUT2D eigenvalue weighted by molar-refractivity contribution is 0.102. The molecule has 1 aromatic heterocycles. The van der Waals surface area contributed by atoms with Gasteiger partial charge in [-0.05, 0) is 74.5 Å². The van der Waals surface area contributed by atoms with Gasteiger partial charge in [-0.15, -0.1) is 0 Å². The van der Waals surface area contributed by atoms with Crippen LogP contribution in [0, 0.1) is 11.6 Å². The number of nitrogens with one attached hydrogen (secondary N) is 2. The summed E-state index contributed by atoms with van der Waals surface area (Å²) in [6.07, 6.45) is 3.75. The number of benzene rings is 3. The lowest BCUT2D eigenvalue weighted by atomic mass is 10.1. The number of anilines is 3. The van der Waals surface area contributed by atoms with Crippen molar-refractivity contribution in [3.63, 3.8) is 0 Å². The van der Waals surface area contributed by atoms with Gasteiger partial charge in [0.25, 0.3) is 5.91 Å². The van der Waals surface area contributed by atoms with E-state index in [2.05, 4.69) is 25.3 Å². The average molecular weight is 569 g/mol. The fourth-order valence-corrected chi connectivity index (χ4v) is 6.18. The van der Waals surface area contributed by atoms with Crippen LogP contribution in [0.4, 0.5) is 26.0 Å². The summed E-state index contributed by atoms with van der Waals surface area (Å²) in [5, 5.41) is 9.83. The van der Waals surface area contributed by atoms with E-state index in [1.54, 1.807) is 12.1 Å². The number of H-pyrrole nitrogens is 1. The third-order valence-corrected chi connectivity index (χ3v) is 8.87. The van der Waals surface area contributed by atoms with E-state index < -0.39 is 32.3 Å². The van der Waals surface area contributed by atoms with E-state index in [1.165, 1.54) is 37.5 Å². The van der Waals surface area contributed by atoms with Crippen LogP contribution in [0.2, 0.25) is 0 Å². The first-order chi connectivity index (χ1) is 19.1. The monoisotopic (exact) mass is 568 g/mol. The van der Waals surface area contributed by atoms with Crippen molar-refractivity contribution in [3.8, 4) is 0 Å². The standard InChI is InChI=1S/C28H30F2N6O3S/c1-35(11-12-36-9-3-2-4-10-36)20-5-7-23(25(31)16-20)28(37)32-27-24-17-21(6-8-26(24)33-34-27)40(38,39)22-14-18(29)13-19(30)15-22/h5-8,13-17H,2-4,9-12,31H2,1H3,(H2,32,33,34,37). The summed E-state index contributed by atoms with van der Waals surface area (Å²) in [5.41, 5.74) is 8.12. The third-order valence-electron chi connectivity index (χ3n) is 7.14. The Morgan fingerprint density at radius 2 is 1.75 bits per heavy atom. The molecule has 210 valence electrons. The van der Waals surface area contributed by atoms with Gasteiger partial charge in [0, 0.05) is 43.0 Å². The van der Waals surface area contributed by atoms with Gasteiger partial charge >= 0.3 is 0 Å². The minimum Gasteiger partial charge on any atom is -0.398 e. The first kappa shape index (κ1) is 27.5. The third kappa shape index (κ3) is 5.77. The van der Waals surface area contributed by atoms with Crippen LogP contribution in [-0.2, 0) is 9.84 Å². The van der Waals surface area contributed by atoms with Crippen molar-refractivity contribution in [2.24, 2.45) is 0 Å². The van der Waals surface area contributed by atoms with E-state index in [9.17, 15) is 22.0 Å². The van der Waals surface area contributed by atoms with Crippen LogP contribution >= 0.6 is 0 Å². The maximum Gasteiger partial charge on any atom is 0.258 e. The second-order valence-electron chi connectivity index (χ2n) is 9.94. The number of likely N-dealkylation sites (tertiary alicyclic amines) is 1. The lowest BCUT2D eigenvalue weighted by Gasteiger charge is -2.29. The Balaban J connectivity index is 1.33. The van der Waals surface area contributed by atoms with Crippen LogP contribution in [0.25, 0.3) is 10.9 Å². The molecule has 0 aliphatic carbocycles. The molecular formula is C28H30F2N6O3S. The van der Waals surface area contributed by atoms with Gasteiger partial charge in [0.1, 0.15) is 11.6 Å². The van der Waals surface area contributed by atoms with Crippen LogP contribution in [0.1, 0.15) is 29.6 Å². The van der Waals surface area contributed by atoms with Crippen LogP contribution in [0.3, 0.4) is 0 Å². The molecule has 0 bridgehead atoms. The molecule has 4 N–H and O–H groups in total. The van der Waals surface area contributed by atoms with Gasteiger partial charge in [-0.2, -0.15) is 5.10 Å². The number of carbonyl (C=O) groups excluding carboxylic acids is 1. The highest BCUT2D eigenvalue weighted by atomic mass is 32.2. The number of piperidine rings is 1. The van der Waals surface area contributed by atoms with Gasteiger partial charge in [-0.3, -0.25) is 9.89 Å². The topological polar surface area (TPSA) is 124 Å². The molecule has 9 nitrogen and oxygen atoms in total. The number of halogens is 2. The molecule has 5 rings (SSSR count). The summed E-state index contributed by atoms with van der Waals surface area (Å²) < 4.78 is 53.5. The number of amides is 1. The second kappa shape index (κ2) is 11.2. The summed E-state index contributed by atoms with van der Waals surface area (Å²) >= 11 is 0. The van der Waals surface area contributed by atoms with Gasteiger partial charge in [-0.25, -0.2) is 17.2 Å². The van der Waals surface area contributed by atoms with E-state index >= 15 is 0 Å². The molecule has 0 atom stereocenters. The van der Waals surface area contributed by atoms with Crippen molar-refractivity contribution in [2.45, 2.75) is 29.1 Å². The van der Waals surface area contributed by atoms with E-state index in [0.717, 1.165) is 44.0 Å². The summed E-state index contributed by atoms with van der Waals surface area (Å²) in [6, 6.07) is 11.3. The molecule has 0 saturated carbocycles. The number of rotatable bonds is 8. The summed E-state index contributed by atoms with van der Waals surface area (Å²) in [5.74, 6) is -2.45. The number of hydrogen-bond donors (Lipinski definition) is 3. The predicted octanol–water partition coefficient (Wildman–Crippen LogP) is 4.43. The number of aromatic amines is 1. The molecule has 1 saturated heterocycles. The molecule has 12 heteroatoms. The smallest absolute Gasteiger partial charge is 0.258 e. The van der Waals surface area contributed by atoms with Crippen molar-refractivity contribution in [1.29, 1.82) is 0 Å². The summed E-state index contributed by atoms with van der Waals surface area (Å²) in [6.45, 7) is 4.02. The summed E-state index contributed by atoms with van der Waals surface area (Å²) in [7, 11) is -2.26. The van der Waals surface area contributed by atoms with Gasteiger partial charge < -0.3 is 20.9 Å². The Labute approximate surface area is 230 Å². The molecule has 2 heterocycles. The SMILES string of the molecule is CN(CCN1CCCCC1)c1ccc(C(=O)Nc2n[nH]c3ccc(S(=O)(=O)c4cc(F)cc(F)c4)cc23)c(N)c1. The Morgan fingerprint density at radius 1 is 1.02 bits per heavy atom. The van der Waals surface area contributed by atoms with Gasteiger partial charge in [0.15, 0.2) is 5.82 Å². The zero-order valence-electron chi connectivity index (χ0n) is 22.0. The Bertz CT molecular complexity index is 1650. The molecule has 0 radical (unpaired) electrons. The second-order valence-corrected chi connectivity index (χ2v) is 11.9. The van der Waals surface area contributed by atoms with Crippen molar-refractivity contribution in [1.82, 2.24) is 15.1 Å². The van der Waals surface area contributed by atoms with Crippen molar-refractivity contribution < 1.29 is 22.0 Å². The predicted molar refractivity (Wildman–Crippen MR) is 150 cm³/mol. The van der Waals surface area contributed by atoms with Gasteiger partial charge in [-0.1, -0.05) is 6.42 Å². The Morgan fingerprint density at radius 3 is 2.45 bits per heavy atom. The number of nitrogens with two attached hydrogens (primary N) is 1. The zero-order chi connectivity index (χ0) is 28.4. The molecule has 1 fully saturated rings. The molecule has 1 aliphatic rings. The fraction of sp³-hybridized carbons (Fsp3) is 0.286. The van der Waals surface area contributed by atoms with Crippen molar-refractivity contribution >= 4 is 43.8 Å². The number of fused-ring (bicyclic) bond motifs is 1. The number of sulfone groups is 1. The maximum atomic E-state index is 13.7. The largest absolute Gasteiger partial charge is 0.398 e. The molecule has 1 aliphatic heterocycles. The molecule has 0 spiro atoms. The number of carbonyl (C=O) groups is 1. The number of hydrogen-bond acceptors (Lipinski definition) is 7. The van der Waals surface area contributed by atoms with Crippen LogP contribution in [-0.4, -0.2) is 62.6 Å². The number of aromatic nitrogens is 2. The molecule has 0 unspecified atom stereocenters. The molecule has 40 heavy (non-hydrogen) atoms. The lowest BCUT2D eigenvalue weighted by Crippen LogP contribution is -2.36. The van der Waals surface area contributed by atoms with Crippen LogP contribution in [0.5, 0.6) is 0 Å². The van der Waals surface area contributed by atoms with E-state index in [4.69, 9.17) is 5.73 Å². The molecular weight excluding hydrogens is 538 g/mol. The van der Waals surface area contributed by atoms with Crippen molar-refractivity contribution in [3.05, 3.63) is 71.8 Å². The van der Waals surface area contributed by atoms with Gasteiger partial charge in [0.05, 0.1) is 20.9 Å². The maximum absolute atomic E-state index is 13.7. The normalized spacial score (nSPS) is 14.4. The quantitative estimate of drug-likeness (QED) is 0.269. The highest BCUT2D eigenvalue weighted by molar-refractivity contribution is 7.91. The molecule has 4 aromatic rings. The first-order valence-electron chi connectivity index (χ1n) is 13.0. The zero-order valence-corrected chi connectivity index (χ0v) is 22.8. The number of nitrogen functional groups attached to an aromatic ring is 1. The number of nitrogens with zero attached hydrogens (tertiary/aromatic N) is 3.